The Labute approximate surface area is 170 Å². The zero-order valence-corrected chi connectivity index (χ0v) is 16.2. The second kappa shape index (κ2) is 9.07. The summed E-state index contributed by atoms with van der Waals surface area (Å²) < 4.78 is 11.2. The van der Waals surface area contributed by atoms with Crippen molar-refractivity contribution in [3.8, 4) is 11.5 Å². The molecule has 4 rings (SSSR count). The van der Waals surface area contributed by atoms with E-state index in [-0.39, 0.29) is 23.9 Å². The summed E-state index contributed by atoms with van der Waals surface area (Å²) in [5, 5.41) is 6.24. The van der Waals surface area contributed by atoms with Gasteiger partial charge in [-0.1, -0.05) is 18.2 Å². The molecule has 0 radical (unpaired) electrons. The standard InChI is InChI=1S/C22H25N3O4/c26-21(12-17-15-28-11-10-23-17)24-16-13-22(27)25(14-16)18-6-8-20(9-7-18)29-19-4-2-1-3-5-19/h1-9,16-17,23H,10-15H2,(H,24,26). The highest BCUT2D eigenvalue weighted by atomic mass is 16.5. The van der Waals surface area contributed by atoms with E-state index in [1.807, 2.05) is 54.6 Å². The highest BCUT2D eigenvalue weighted by Gasteiger charge is 2.32. The topological polar surface area (TPSA) is 79.9 Å². The predicted molar refractivity (Wildman–Crippen MR) is 109 cm³/mol. The van der Waals surface area contributed by atoms with Crippen molar-refractivity contribution in [1.82, 2.24) is 10.6 Å². The summed E-state index contributed by atoms with van der Waals surface area (Å²) in [4.78, 5) is 26.4. The summed E-state index contributed by atoms with van der Waals surface area (Å²) in [5.74, 6) is 1.42. The van der Waals surface area contributed by atoms with Crippen molar-refractivity contribution in [1.29, 1.82) is 0 Å². The number of rotatable bonds is 6. The van der Waals surface area contributed by atoms with Gasteiger partial charge in [0.15, 0.2) is 0 Å². The van der Waals surface area contributed by atoms with Crippen LogP contribution < -0.4 is 20.3 Å². The van der Waals surface area contributed by atoms with Crippen LogP contribution in [0.3, 0.4) is 0 Å². The lowest BCUT2D eigenvalue weighted by atomic mass is 10.1. The molecule has 2 aliphatic rings. The Bertz CT molecular complexity index is 835. The van der Waals surface area contributed by atoms with Crippen LogP contribution >= 0.6 is 0 Å². The van der Waals surface area contributed by atoms with Crippen molar-refractivity contribution in [3.63, 3.8) is 0 Å². The van der Waals surface area contributed by atoms with Gasteiger partial charge in [-0.3, -0.25) is 9.59 Å². The van der Waals surface area contributed by atoms with E-state index in [4.69, 9.17) is 9.47 Å². The number of benzene rings is 2. The van der Waals surface area contributed by atoms with E-state index in [2.05, 4.69) is 10.6 Å². The van der Waals surface area contributed by atoms with Gasteiger partial charge >= 0.3 is 0 Å². The number of nitrogens with one attached hydrogen (secondary N) is 2. The van der Waals surface area contributed by atoms with Crippen LogP contribution in [0.15, 0.2) is 54.6 Å². The Balaban J connectivity index is 1.31. The number of morpholine rings is 1. The van der Waals surface area contributed by atoms with Crippen LogP contribution in [0.2, 0.25) is 0 Å². The molecule has 2 fully saturated rings. The van der Waals surface area contributed by atoms with Crippen LogP contribution in [0.5, 0.6) is 11.5 Å². The van der Waals surface area contributed by atoms with E-state index in [9.17, 15) is 9.59 Å². The third-order valence-electron chi connectivity index (χ3n) is 5.05. The second-order valence-electron chi connectivity index (χ2n) is 7.31. The normalized spacial score (nSPS) is 21.8. The molecule has 2 aromatic carbocycles. The SMILES string of the molecule is O=C(CC1COCCN1)NC1CC(=O)N(c2ccc(Oc3ccccc3)cc2)C1. The lowest BCUT2D eigenvalue weighted by Crippen LogP contribution is -2.46. The summed E-state index contributed by atoms with van der Waals surface area (Å²) in [6, 6.07) is 16.8. The fourth-order valence-corrected chi connectivity index (χ4v) is 3.63. The van der Waals surface area contributed by atoms with E-state index in [0.29, 0.717) is 38.3 Å². The van der Waals surface area contributed by atoms with Crippen molar-refractivity contribution >= 4 is 17.5 Å². The Hall–Kier alpha value is -2.90. The number of nitrogens with zero attached hydrogens (tertiary/aromatic N) is 1. The molecule has 2 aliphatic heterocycles. The summed E-state index contributed by atoms with van der Waals surface area (Å²) >= 11 is 0. The second-order valence-corrected chi connectivity index (χ2v) is 7.31. The van der Waals surface area contributed by atoms with Crippen LogP contribution in [0.25, 0.3) is 0 Å². The van der Waals surface area contributed by atoms with Gasteiger partial charge in [0.05, 0.1) is 19.3 Å². The zero-order valence-electron chi connectivity index (χ0n) is 16.2. The van der Waals surface area contributed by atoms with Crippen molar-refractivity contribution in [3.05, 3.63) is 54.6 Å². The molecule has 2 saturated heterocycles. The maximum absolute atomic E-state index is 12.4. The Morgan fingerprint density at radius 1 is 1.14 bits per heavy atom. The summed E-state index contributed by atoms with van der Waals surface area (Å²) in [5.41, 5.74) is 0.800. The van der Waals surface area contributed by atoms with Gasteiger partial charge in [-0.2, -0.15) is 0 Å². The third kappa shape index (κ3) is 5.13. The van der Waals surface area contributed by atoms with Crippen LogP contribution in [-0.2, 0) is 14.3 Å². The molecular formula is C22H25N3O4. The fraction of sp³-hybridized carbons (Fsp3) is 0.364. The summed E-state index contributed by atoms with van der Waals surface area (Å²) in [6.45, 7) is 2.45. The monoisotopic (exact) mass is 395 g/mol. The lowest BCUT2D eigenvalue weighted by molar-refractivity contribution is -0.122. The van der Waals surface area contributed by atoms with Crippen LogP contribution in [0.4, 0.5) is 5.69 Å². The highest BCUT2D eigenvalue weighted by molar-refractivity contribution is 5.96. The lowest BCUT2D eigenvalue weighted by Gasteiger charge is -2.24. The van der Waals surface area contributed by atoms with Gasteiger partial charge in [0.25, 0.3) is 0 Å². The van der Waals surface area contributed by atoms with Gasteiger partial charge in [0.1, 0.15) is 11.5 Å². The van der Waals surface area contributed by atoms with Gasteiger partial charge in [-0.25, -0.2) is 0 Å². The molecule has 2 amide bonds. The van der Waals surface area contributed by atoms with E-state index in [0.717, 1.165) is 18.0 Å². The number of carbonyl (C=O) groups is 2. The number of amides is 2. The first-order chi connectivity index (χ1) is 14.2. The van der Waals surface area contributed by atoms with Gasteiger partial charge in [-0.05, 0) is 36.4 Å². The average Bonchev–Trinajstić information content (AvgIpc) is 3.10. The number of anilines is 1. The minimum atomic E-state index is -0.181. The molecule has 2 heterocycles. The predicted octanol–water partition coefficient (Wildman–Crippen LogP) is 2.08. The maximum atomic E-state index is 12.4. The number of carbonyl (C=O) groups excluding carboxylic acids is 2. The number of hydrogen-bond donors (Lipinski definition) is 2. The van der Waals surface area contributed by atoms with Crippen molar-refractivity contribution in [2.45, 2.75) is 24.9 Å². The zero-order chi connectivity index (χ0) is 20.1. The minimum absolute atomic E-state index is 0.00570. The molecule has 2 aromatic rings. The molecule has 7 heteroatoms. The third-order valence-corrected chi connectivity index (χ3v) is 5.05. The van der Waals surface area contributed by atoms with Gasteiger partial charge in [0.2, 0.25) is 11.8 Å². The van der Waals surface area contributed by atoms with Gasteiger partial charge < -0.3 is 25.0 Å². The number of para-hydroxylation sites is 1. The Kier molecular flexibility index (Phi) is 6.07. The molecule has 0 aliphatic carbocycles. The number of ether oxygens (including phenoxy) is 2. The van der Waals surface area contributed by atoms with Crippen molar-refractivity contribution < 1.29 is 19.1 Å². The van der Waals surface area contributed by atoms with Crippen molar-refractivity contribution in [2.24, 2.45) is 0 Å². The first-order valence-corrected chi connectivity index (χ1v) is 9.91. The van der Waals surface area contributed by atoms with Crippen LogP contribution in [0, 0.1) is 0 Å². The molecule has 0 saturated carbocycles. The molecule has 7 nitrogen and oxygen atoms in total. The Morgan fingerprint density at radius 3 is 2.62 bits per heavy atom. The average molecular weight is 395 g/mol. The van der Waals surface area contributed by atoms with Crippen LogP contribution in [-0.4, -0.2) is 50.2 Å². The minimum Gasteiger partial charge on any atom is -0.457 e. The van der Waals surface area contributed by atoms with Gasteiger partial charge in [0, 0.05) is 37.7 Å². The van der Waals surface area contributed by atoms with Crippen molar-refractivity contribution in [2.75, 3.05) is 31.2 Å². The molecule has 0 spiro atoms. The largest absolute Gasteiger partial charge is 0.457 e. The maximum Gasteiger partial charge on any atom is 0.229 e. The summed E-state index contributed by atoms with van der Waals surface area (Å²) in [7, 11) is 0. The molecule has 2 N–H and O–H groups in total. The van der Waals surface area contributed by atoms with E-state index < -0.39 is 0 Å². The van der Waals surface area contributed by atoms with Gasteiger partial charge in [-0.15, -0.1) is 0 Å². The molecule has 0 bridgehead atoms. The molecule has 29 heavy (non-hydrogen) atoms. The number of hydrogen-bond acceptors (Lipinski definition) is 5. The summed E-state index contributed by atoms with van der Waals surface area (Å²) in [6.07, 6.45) is 0.665. The highest BCUT2D eigenvalue weighted by Crippen LogP contribution is 2.27. The molecular weight excluding hydrogens is 370 g/mol. The van der Waals surface area contributed by atoms with E-state index >= 15 is 0 Å². The first kappa shape index (κ1) is 19.4. The van der Waals surface area contributed by atoms with Crippen LogP contribution in [0.1, 0.15) is 12.8 Å². The molecule has 2 atom stereocenters. The fourth-order valence-electron chi connectivity index (χ4n) is 3.63. The molecule has 0 aromatic heterocycles. The molecule has 152 valence electrons. The van der Waals surface area contributed by atoms with E-state index in [1.54, 1.807) is 4.90 Å². The van der Waals surface area contributed by atoms with E-state index in [1.165, 1.54) is 0 Å². The first-order valence-electron chi connectivity index (χ1n) is 9.91. The quantitative estimate of drug-likeness (QED) is 0.783. The molecule has 2 unspecified atom stereocenters. The smallest absolute Gasteiger partial charge is 0.229 e. The Morgan fingerprint density at radius 2 is 1.90 bits per heavy atom.